The molecule has 0 aliphatic heterocycles. The van der Waals surface area contributed by atoms with Gasteiger partial charge in [-0.05, 0) is 60.4 Å². The minimum atomic E-state index is -1.91. The highest BCUT2D eigenvalue weighted by molar-refractivity contribution is 7.95. The zero-order valence-electron chi connectivity index (χ0n) is 18.6. The maximum absolute atomic E-state index is 9.44. The molecule has 2 heteroatoms. The molecule has 0 bridgehead atoms. The van der Waals surface area contributed by atoms with Crippen molar-refractivity contribution in [2.75, 3.05) is 0 Å². The van der Waals surface area contributed by atoms with Crippen LogP contribution < -0.4 is 15.9 Å². The molecule has 0 aliphatic rings. The molecule has 0 heterocycles. The minimum Gasteiger partial charge on any atom is -0.198 e. The van der Waals surface area contributed by atoms with Gasteiger partial charge in [-0.2, -0.15) is 5.26 Å². The molecule has 0 aromatic heterocycles. The summed E-state index contributed by atoms with van der Waals surface area (Å²) in [6, 6.07) is 44.3. The van der Waals surface area contributed by atoms with Crippen LogP contribution in [0.2, 0.25) is 0 Å². The average Bonchev–Trinajstić information content (AvgIpc) is 2.87. The van der Waals surface area contributed by atoms with E-state index in [2.05, 4.69) is 128 Å². The third kappa shape index (κ3) is 4.67. The first-order valence-electron chi connectivity index (χ1n) is 11.3. The van der Waals surface area contributed by atoms with Gasteiger partial charge in [-0.3, -0.25) is 0 Å². The van der Waals surface area contributed by atoms with Crippen molar-refractivity contribution in [2.45, 2.75) is 25.9 Å². The molecule has 4 aromatic rings. The van der Waals surface area contributed by atoms with Crippen molar-refractivity contribution in [1.29, 1.82) is 5.26 Å². The molecule has 4 rings (SSSR count). The van der Waals surface area contributed by atoms with E-state index in [9.17, 15) is 5.26 Å². The molecule has 1 unspecified atom stereocenters. The Labute approximate surface area is 192 Å². The molecule has 0 radical (unpaired) electrons. The van der Waals surface area contributed by atoms with E-state index in [1.54, 1.807) is 0 Å². The summed E-state index contributed by atoms with van der Waals surface area (Å²) in [5, 5.41) is 13.6. The highest BCUT2D eigenvalue weighted by Crippen LogP contribution is 2.58. The molecule has 0 amide bonds. The quantitative estimate of drug-likeness (QED) is 0.300. The first-order chi connectivity index (χ1) is 15.8. The summed E-state index contributed by atoms with van der Waals surface area (Å²) in [6.07, 6.45) is 2.66. The van der Waals surface area contributed by atoms with Gasteiger partial charge in [0.05, 0.1) is 18.1 Å². The fourth-order valence-electron chi connectivity index (χ4n) is 4.46. The molecule has 0 N–H and O–H groups in total. The van der Waals surface area contributed by atoms with Crippen LogP contribution in [0.4, 0.5) is 0 Å². The predicted molar refractivity (Wildman–Crippen MR) is 138 cm³/mol. The standard InChI is InChI=1S/C30H29NP/c1-2-25(23-31)21-26-13-12-14-27(22-26)24-32(28-15-6-3-7-16-28,29-17-8-4-9-18-29)30-19-10-5-11-20-30/h3-20,22,25H,2,21,24H2,1H3/q+1. The van der Waals surface area contributed by atoms with E-state index in [1.165, 1.54) is 27.0 Å². The van der Waals surface area contributed by atoms with Crippen molar-refractivity contribution in [2.24, 2.45) is 5.92 Å². The lowest BCUT2D eigenvalue weighted by Gasteiger charge is -2.28. The largest absolute Gasteiger partial charge is 0.198 e. The van der Waals surface area contributed by atoms with Gasteiger partial charge in [0.2, 0.25) is 0 Å². The molecule has 4 aromatic carbocycles. The van der Waals surface area contributed by atoms with Gasteiger partial charge < -0.3 is 0 Å². The molecule has 0 aliphatic carbocycles. The summed E-state index contributed by atoms with van der Waals surface area (Å²) < 4.78 is 0. The van der Waals surface area contributed by atoms with Gasteiger partial charge in [-0.25, -0.2) is 0 Å². The Hall–Kier alpha value is -3.20. The van der Waals surface area contributed by atoms with Gasteiger partial charge in [0.15, 0.2) is 0 Å². The third-order valence-electron chi connectivity index (χ3n) is 6.16. The van der Waals surface area contributed by atoms with E-state index in [-0.39, 0.29) is 5.92 Å². The van der Waals surface area contributed by atoms with Crippen molar-refractivity contribution in [3.05, 3.63) is 126 Å². The first kappa shape index (κ1) is 22.0. The smallest absolute Gasteiger partial charge is 0.116 e. The Balaban J connectivity index is 1.87. The molecule has 0 fully saturated rings. The Morgan fingerprint density at radius 1 is 0.656 bits per heavy atom. The Morgan fingerprint density at radius 2 is 1.12 bits per heavy atom. The van der Waals surface area contributed by atoms with Crippen LogP contribution in [0.3, 0.4) is 0 Å². The van der Waals surface area contributed by atoms with Gasteiger partial charge in [-0.15, -0.1) is 0 Å². The topological polar surface area (TPSA) is 23.8 Å². The molecule has 1 atom stereocenters. The summed E-state index contributed by atoms with van der Waals surface area (Å²) in [7, 11) is -1.91. The van der Waals surface area contributed by atoms with Crippen LogP contribution in [0.5, 0.6) is 0 Å². The fourth-order valence-corrected chi connectivity index (χ4v) is 8.69. The molecular weight excluding hydrogens is 405 g/mol. The zero-order chi connectivity index (χ0) is 22.2. The van der Waals surface area contributed by atoms with E-state index < -0.39 is 7.26 Å². The molecular formula is C30H29NP+. The van der Waals surface area contributed by atoms with Crippen LogP contribution in [0.25, 0.3) is 0 Å². The second-order valence-electron chi connectivity index (χ2n) is 8.23. The maximum Gasteiger partial charge on any atom is 0.116 e. The number of hydrogen-bond acceptors (Lipinski definition) is 1. The van der Waals surface area contributed by atoms with Crippen molar-refractivity contribution < 1.29 is 0 Å². The Morgan fingerprint density at radius 3 is 1.56 bits per heavy atom. The predicted octanol–water partition coefficient (Wildman–Crippen LogP) is 6.27. The summed E-state index contributed by atoms with van der Waals surface area (Å²) in [5.41, 5.74) is 2.59. The molecule has 0 saturated carbocycles. The SMILES string of the molecule is CCC(C#N)Cc1cccc(C[P+](c2ccccc2)(c2ccccc2)c2ccccc2)c1. The second-order valence-corrected chi connectivity index (χ2v) is 11.7. The highest BCUT2D eigenvalue weighted by Gasteiger charge is 2.45. The van der Waals surface area contributed by atoms with E-state index in [0.717, 1.165) is 19.0 Å². The van der Waals surface area contributed by atoms with Crippen LogP contribution in [-0.4, -0.2) is 0 Å². The van der Waals surface area contributed by atoms with Crippen LogP contribution in [0.1, 0.15) is 24.5 Å². The Kier molecular flexibility index (Phi) is 7.16. The molecule has 158 valence electrons. The van der Waals surface area contributed by atoms with Crippen molar-refractivity contribution in [3.8, 4) is 6.07 Å². The molecule has 1 nitrogen and oxygen atoms in total. The molecule has 32 heavy (non-hydrogen) atoms. The lowest BCUT2D eigenvalue weighted by atomic mass is 9.97. The molecule has 0 spiro atoms. The fraction of sp³-hybridized carbons (Fsp3) is 0.167. The number of benzene rings is 4. The van der Waals surface area contributed by atoms with E-state index in [4.69, 9.17) is 0 Å². The van der Waals surface area contributed by atoms with E-state index in [1.807, 2.05) is 0 Å². The van der Waals surface area contributed by atoms with Gasteiger partial charge in [0, 0.05) is 0 Å². The van der Waals surface area contributed by atoms with Crippen molar-refractivity contribution in [1.82, 2.24) is 0 Å². The summed E-state index contributed by atoms with van der Waals surface area (Å²) >= 11 is 0. The molecule has 0 saturated heterocycles. The first-order valence-corrected chi connectivity index (χ1v) is 13.3. The van der Waals surface area contributed by atoms with Crippen LogP contribution >= 0.6 is 7.26 Å². The van der Waals surface area contributed by atoms with E-state index >= 15 is 0 Å². The average molecular weight is 435 g/mol. The normalized spacial score (nSPS) is 12.1. The second kappa shape index (κ2) is 10.4. The van der Waals surface area contributed by atoms with E-state index in [0.29, 0.717) is 0 Å². The monoisotopic (exact) mass is 434 g/mol. The van der Waals surface area contributed by atoms with Crippen LogP contribution in [0.15, 0.2) is 115 Å². The summed E-state index contributed by atoms with van der Waals surface area (Å²) in [4.78, 5) is 0. The van der Waals surface area contributed by atoms with Crippen molar-refractivity contribution in [3.63, 3.8) is 0 Å². The number of hydrogen-bond donors (Lipinski definition) is 0. The summed E-state index contributed by atoms with van der Waals surface area (Å²) in [5.74, 6) is 0.0715. The van der Waals surface area contributed by atoms with Gasteiger partial charge >= 0.3 is 0 Å². The lowest BCUT2D eigenvalue weighted by Crippen LogP contribution is -2.32. The third-order valence-corrected chi connectivity index (χ3v) is 10.5. The highest BCUT2D eigenvalue weighted by atomic mass is 31.2. The Bertz CT molecular complexity index is 1070. The minimum absolute atomic E-state index is 0.0715. The maximum atomic E-state index is 9.44. The number of rotatable bonds is 8. The lowest BCUT2D eigenvalue weighted by molar-refractivity contribution is 0.638. The number of nitrogens with zero attached hydrogens (tertiary/aromatic N) is 1. The van der Waals surface area contributed by atoms with Gasteiger partial charge in [0.1, 0.15) is 23.2 Å². The summed E-state index contributed by atoms with van der Waals surface area (Å²) in [6.45, 7) is 2.09. The zero-order valence-corrected chi connectivity index (χ0v) is 19.5. The number of nitriles is 1. The van der Waals surface area contributed by atoms with Gasteiger partial charge in [0.25, 0.3) is 0 Å². The van der Waals surface area contributed by atoms with Gasteiger partial charge in [-0.1, -0.05) is 85.8 Å². The van der Waals surface area contributed by atoms with Crippen molar-refractivity contribution >= 4 is 23.2 Å². The van der Waals surface area contributed by atoms with Crippen LogP contribution in [-0.2, 0) is 12.6 Å². The van der Waals surface area contributed by atoms with Crippen LogP contribution in [0, 0.1) is 17.2 Å².